The second-order valence-electron chi connectivity index (χ2n) is 4.40. The Labute approximate surface area is 121 Å². The molecule has 7 heteroatoms. The van der Waals surface area contributed by atoms with Gasteiger partial charge in [0.25, 0.3) is 0 Å². The van der Waals surface area contributed by atoms with Crippen molar-refractivity contribution in [1.29, 1.82) is 0 Å². The SMILES string of the molecule is Cc1sc(C)c(-c2ccc(S(N)(=O)=O)cc2)c1C(N)=O. The quantitative estimate of drug-likeness (QED) is 0.903. The van der Waals surface area contributed by atoms with Crippen molar-refractivity contribution < 1.29 is 13.2 Å². The van der Waals surface area contributed by atoms with Crippen LogP contribution in [0.2, 0.25) is 0 Å². The third-order valence-electron chi connectivity index (χ3n) is 2.98. The van der Waals surface area contributed by atoms with Crippen LogP contribution in [0.5, 0.6) is 0 Å². The highest BCUT2D eigenvalue weighted by Gasteiger charge is 2.19. The van der Waals surface area contributed by atoms with Crippen LogP contribution in [0.25, 0.3) is 11.1 Å². The molecule has 1 heterocycles. The van der Waals surface area contributed by atoms with Crippen LogP contribution in [0.4, 0.5) is 0 Å². The Balaban J connectivity index is 2.61. The van der Waals surface area contributed by atoms with Gasteiger partial charge in [0.05, 0.1) is 10.5 Å². The van der Waals surface area contributed by atoms with E-state index in [0.29, 0.717) is 5.56 Å². The number of primary amides is 1. The van der Waals surface area contributed by atoms with Crippen molar-refractivity contribution in [3.8, 4) is 11.1 Å². The Morgan fingerprint density at radius 2 is 1.65 bits per heavy atom. The van der Waals surface area contributed by atoms with Crippen LogP contribution < -0.4 is 10.9 Å². The number of amides is 1. The van der Waals surface area contributed by atoms with Gasteiger partial charge in [0.15, 0.2) is 0 Å². The maximum atomic E-state index is 11.6. The summed E-state index contributed by atoms with van der Waals surface area (Å²) in [5, 5.41) is 5.06. The van der Waals surface area contributed by atoms with Crippen LogP contribution in [0.15, 0.2) is 29.2 Å². The number of aryl methyl sites for hydroxylation is 2. The molecule has 0 aliphatic carbocycles. The molecule has 1 aromatic carbocycles. The van der Waals surface area contributed by atoms with Gasteiger partial charge in [-0.25, -0.2) is 13.6 Å². The third-order valence-corrected chi connectivity index (χ3v) is 4.93. The van der Waals surface area contributed by atoms with Gasteiger partial charge in [-0.3, -0.25) is 4.79 Å². The van der Waals surface area contributed by atoms with E-state index in [-0.39, 0.29) is 4.90 Å². The number of sulfonamides is 1. The molecule has 2 rings (SSSR count). The summed E-state index contributed by atoms with van der Waals surface area (Å²) in [7, 11) is -3.72. The summed E-state index contributed by atoms with van der Waals surface area (Å²) < 4.78 is 22.5. The third kappa shape index (κ3) is 2.60. The van der Waals surface area contributed by atoms with Gasteiger partial charge in [0, 0.05) is 15.3 Å². The van der Waals surface area contributed by atoms with Gasteiger partial charge < -0.3 is 5.73 Å². The van der Waals surface area contributed by atoms with E-state index >= 15 is 0 Å². The average Bonchev–Trinajstić information content (AvgIpc) is 2.63. The molecule has 0 radical (unpaired) electrons. The maximum Gasteiger partial charge on any atom is 0.250 e. The highest BCUT2D eigenvalue weighted by Crippen LogP contribution is 2.35. The number of hydrogen-bond donors (Lipinski definition) is 2. The van der Waals surface area contributed by atoms with Crippen molar-refractivity contribution in [2.24, 2.45) is 10.9 Å². The molecular weight excluding hydrogens is 296 g/mol. The molecule has 0 spiro atoms. The second-order valence-corrected chi connectivity index (χ2v) is 7.39. The van der Waals surface area contributed by atoms with Crippen molar-refractivity contribution in [2.45, 2.75) is 18.7 Å². The first-order valence-electron chi connectivity index (χ1n) is 5.75. The molecule has 2 aromatic rings. The molecule has 0 aliphatic rings. The minimum absolute atomic E-state index is 0.0338. The molecule has 20 heavy (non-hydrogen) atoms. The zero-order valence-corrected chi connectivity index (χ0v) is 12.6. The summed E-state index contributed by atoms with van der Waals surface area (Å²) in [6.45, 7) is 3.73. The molecule has 0 fully saturated rings. The number of benzene rings is 1. The lowest BCUT2D eigenvalue weighted by molar-refractivity contribution is 0.100. The van der Waals surface area contributed by atoms with E-state index in [2.05, 4.69) is 0 Å². The predicted molar refractivity (Wildman–Crippen MR) is 79.1 cm³/mol. The molecule has 0 aliphatic heterocycles. The summed E-state index contributed by atoms with van der Waals surface area (Å²) in [5.41, 5.74) is 7.39. The first-order chi connectivity index (χ1) is 9.21. The highest BCUT2D eigenvalue weighted by molar-refractivity contribution is 7.89. The number of primary sulfonamides is 1. The Bertz CT molecular complexity index is 775. The van der Waals surface area contributed by atoms with Crippen molar-refractivity contribution in [1.82, 2.24) is 0 Å². The standard InChI is InChI=1S/C13H14N2O3S2/c1-7-11(12(13(14)16)8(2)19-7)9-3-5-10(6-4-9)20(15,17)18/h3-6H,1-2H3,(H2,14,16)(H2,15,17,18). The predicted octanol–water partition coefficient (Wildman–Crippen LogP) is 1.78. The average molecular weight is 310 g/mol. The topological polar surface area (TPSA) is 103 Å². The fourth-order valence-electron chi connectivity index (χ4n) is 2.14. The summed E-state index contributed by atoms with van der Waals surface area (Å²) in [4.78, 5) is 13.4. The van der Waals surface area contributed by atoms with E-state index in [4.69, 9.17) is 10.9 Å². The summed E-state index contributed by atoms with van der Waals surface area (Å²) >= 11 is 1.48. The van der Waals surface area contributed by atoms with Crippen molar-refractivity contribution in [2.75, 3.05) is 0 Å². The van der Waals surface area contributed by atoms with Crippen molar-refractivity contribution >= 4 is 27.3 Å². The number of nitrogens with two attached hydrogens (primary N) is 2. The zero-order chi connectivity index (χ0) is 15.1. The summed E-state index contributed by atoms with van der Waals surface area (Å²) in [6, 6.07) is 6.09. The monoisotopic (exact) mass is 310 g/mol. The van der Waals surface area contributed by atoms with Crippen LogP contribution in [0.1, 0.15) is 20.1 Å². The molecular formula is C13H14N2O3S2. The van der Waals surface area contributed by atoms with Gasteiger partial charge in [-0.05, 0) is 31.5 Å². The van der Waals surface area contributed by atoms with E-state index in [0.717, 1.165) is 20.9 Å². The summed E-state index contributed by atoms with van der Waals surface area (Å²) in [6.07, 6.45) is 0. The van der Waals surface area contributed by atoms with Gasteiger partial charge in [-0.2, -0.15) is 0 Å². The number of rotatable bonds is 3. The molecule has 0 bridgehead atoms. The van der Waals surface area contributed by atoms with E-state index in [9.17, 15) is 13.2 Å². The number of carbonyl (C=O) groups excluding carboxylic acids is 1. The molecule has 0 saturated carbocycles. The zero-order valence-electron chi connectivity index (χ0n) is 11.0. The van der Waals surface area contributed by atoms with Crippen LogP contribution >= 0.6 is 11.3 Å². The minimum Gasteiger partial charge on any atom is -0.366 e. The minimum atomic E-state index is -3.72. The van der Waals surface area contributed by atoms with Crippen LogP contribution in [-0.2, 0) is 10.0 Å². The molecule has 0 saturated heterocycles. The lowest BCUT2D eigenvalue weighted by Crippen LogP contribution is -2.13. The van der Waals surface area contributed by atoms with Gasteiger partial charge in [0.1, 0.15) is 0 Å². The normalized spacial score (nSPS) is 11.6. The fourth-order valence-corrected chi connectivity index (χ4v) is 3.74. The molecule has 0 atom stereocenters. The van der Waals surface area contributed by atoms with E-state index < -0.39 is 15.9 Å². The molecule has 5 nitrogen and oxygen atoms in total. The van der Waals surface area contributed by atoms with Crippen LogP contribution in [-0.4, -0.2) is 14.3 Å². The van der Waals surface area contributed by atoms with Gasteiger partial charge in [-0.1, -0.05) is 12.1 Å². The molecule has 106 valence electrons. The first kappa shape index (κ1) is 14.7. The van der Waals surface area contributed by atoms with Crippen LogP contribution in [0.3, 0.4) is 0 Å². The van der Waals surface area contributed by atoms with Crippen molar-refractivity contribution in [3.63, 3.8) is 0 Å². The van der Waals surface area contributed by atoms with Crippen molar-refractivity contribution in [3.05, 3.63) is 39.6 Å². The Morgan fingerprint density at radius 3 is 2.10 bits per heavy atom. The molecule has 1 aromatic heterocycles. The highest BCUT2D eigenvalue weighted by atomic mass is 32.2. The number of thiophene rings is 1. The summed E-state index contributed by atoms with van der Waals surface area (Å²) in [5.74, 6) is -0.489. The fraction of sp³-hybridized carbons (Fsp3) is 0.154. The Hall–Kier alpha value is -1.70. The van der Waals surface area contributed by atoms with Gasteiger partial charge in [-0.15, -0.1) is 11.3 Å². The Morgan fingerprint density at radius 1 is 1.10 bits per heavy atom. The molecule has 1 amide bonds. The smallest absolute Gasteiger partial charge is 0.250 e. The number of carbonyl (C=O) groups is 1. The lowest BCUT2D eigenvalue weighted by Gasteiger charge is -2.05. The molecule has 0 unspecified atom stereocenters. The second kappa shape index (κ2) is 5.01. The van der Waals surface area contributed by atoms with Gasteiger partial charge in [0.2, 0.25) is 15.9 Å². The van der Waals surface area contributed by atoms with E-state index in [1.54, 1.807) is 12.1 Å². The van der Waals surface area contributed by atoms with Gasteiger partial charge >= 0.3 is 0 Å². The first-order valence-corrected chi connectivity index (χ1v) is 8.11. The largest absolute Gasteiger partial charge is 0.366 e. The van der Waals surface area contributed by atoms with Crippen LogP contribution in [0, 0.1) is 13.8 Å². The Kier molecular flexibility index (Phi) is 3.68. The maximum absolute atomic E-state index is 11.6. The number of hydrogen-bond acceptors (Lipinski definition) is 4. The van der Waals surface area contributed by atoms with E-state index in [1.165, 1.54) is 23.5 Å². The lowest BCUT2D eigenvalue weighted by atomic mass is 10.0. The molecule has 4 N–H and O–H groups in total. The van der Waals surface area contributed by atoms with E-state index in [1.807, 2.05) is 13.8 Å².